The molecule has 1 amide bonds. The Morgan fingerprint density at radius 1 is 1.04 bits per heavy atom. The molecule has 2 aliphatic rings. The Labute approximate surface area is 162 Å². The summed E-state index contributed by atoms with van der Waals surface area (Å²) in [5.74, 6) is -2.11. The van der Waals surface area contributed by atoms with E-state index in [0.717, 1.165) is 19.5 Å². The van der Waals surface area contributed by atoms with E-state index in [1.807, 2.05) is 18.2 Å². The first kappa shape index (κ1) is 20.2. The molecule has 1 aliphatic carbocycles. The van der Waals surface area contributed by atoms with Gasteiger partial charge in [0.2, 0.25) is 0 Å². The van der Waals surface area contributed by atoms with Crippen LogP contribution in [0.2, 0.25) is 0 Å². The van der Waals surface area contributed by atoms with Crippen molar-refractivity contribution in [1.82, 2.24) is 4.90 Å². The molecule has 9 heteroatoms. The third-order valence-electron chi connectivity index (χ3n) is 5.20. The molecule has 3 rings (SSSR count). The van der Waals surface area contributed by atoms with Crippen molar-refractivity contribution in [2.75, 3.05) is 13.1 Å². The fraction of sp³-hybridized carbons (Fsp3) is 0.526. The van der Waals surface area contributed by atoms with E-state index in [2.05, 4.69) is 27.5 Å². The zero-order chi connectivity index (χ0) is 20.3. The van der Waals surface area contributed by atoms with Crippen LogP contribution in [0.1, 0.15) is 30.7 Å². The standard InChI is InChI=1S/C19H24N2O7/c20-19(26)28-18(25)16(23)15(22)17(24)27-12-6-8-21(9-7-12)14-10-13(14)11-4-2-1-3-5-11/h1-5,12-16,22-23H,6-10H2,(H2,20,26)/t13-,14+,15?,16?/m0/s1. The van der Waals surface area contributed by atoms with Crippen molar-refractivity contribution in [3.8, 4) is 0 Å². The molecule has 0 spiro atoms. The van der Waals surface area contributed by atoms with Gasteiger partial charge in [0.1, 0.15) is 6.10 Å². The average molecular weight is 392 g/mol. The molecule has 9 nitrogen and oxygen atoms in total. The summed E-state index contributed by atoms with van der Waals surface area (Å²) in [6.45, 7) is 1.52. The first-order valence-corrected chi connectivity index (χ1v) is 9.23. The minimum atomic E-state index is -2.24. The minimum absolute atomic E-state index is 0.410. The number of nitrogens with zero attached hydrogens (tertiary/aromatic N) is 1. The number of benzene rings is 1. The van der Waals surface area contributed by atoms with Crippen LogP contribution in [0, 0.1) is 0 Å². The molecular formula is C19H24N2O7. The van der Waals surface area contributed by atoms with Gasteiger partial charge in [-0.1, -0.05) is 30.3 Å². The predicted molar refractivity (Wildman–Crippen MR) is 96.0 cm³/mol. The largest absolute Gasteiger partial charge is 0.460 e. The number of esters is 2. The molecule has 0 aromatic heterocycles. The molecule has 2 unspecified atom stereocenters. The van der Waals surface area contributed by atoms with Crippen molar-refractivity contribution >= 4 is 18.0 Å². The predicted octanol–water partition coefficient (Wildman–Crippen LogP) is -0.106. The van der Waals surface area contributed by atoms with Gasteiger partial charge in [-0.25, -0.2) is 14.4 Å². The van der Waals surface area contributed by atoms with Crippen LogP contribution in [0.3, 0.4) is 0 Å². The van der Waals surface area contributed by atoms with Gasteiger partial charge in [0.25, 0.3) is 0 Å². The number of carbonyl (C=O) groups is 3. The molecule has 1 saturated heterocycles. The Morgan fingerprint density at radius 2 is 1.64 bits per heavy atom. The average Bonchev–Trinajstić information content (AvgIpc) is 3.48. The van der Waals surface area contributed by atoms with Gasteiger partial charge in [-0.05, 0) is 24.8 Å². The van der Waals surface area contributed by atoms with E-state index in [9.17, 15) is 24.6 Å². The van der Waals surface area contributed by atoms with Crippen LogP contribution in [0.5, 0.6) is 0 Å². The lowest BCUT2D eigenvalue weighted by Gasteiger charge is -2.32. The topological polar surface area (TPSA) is 139 Å². The Bertz CT molecular complexity index is 718. The Morgan fingerprint density at radius 3 is 2.25 bits per heavy atom. The normalized spacial score (nSPS) is 24.8. The van der Waals surface area contributed by atoms with E-state index >= 15 is 0 Å². The lowest BCUT2D eigenvalue weighted by Crippen LogP contribution is -2.45. The van der Waals surface area contributed by atoms with Crippen LogP contribution >= 0.6 is 0 Å². The van der Waals surface area contributed by atoms with E-state index < -0.39 is 36.3 Å². The molecule has 1 saturated carbocycles. The minimum Gasteiger partial charge on any atom is -0.460 e. The molecule has 4 N–H and O–H groups in total. The molecule has 28 heavy (non-hydrogen) atoms. The second kappa shape index (κ2) is 8.68. The highest BCUT2D eigenvalue weighted by atomic mass is 16.6. The summed E-state index contributed by atoms with van der Waals surface area (Å²) in [6, 6.07) is 10.8. The smallest absolute Gasteiger partial charge is 0.412 e. The second-order valence-electron chi connectivity index (χ2n) is 7.12. The number of carbonyl (C=O) groups excluding carboxylic acids is 3. The zero-order valence-corrected chi connectivity index (χ0v) is 15.3. The number of amides is 1. The van der Waals surface area contributed by atoms with E-state index in [4.69, 9.17) is 4.74 Å². The quantitative estimate of drug-likeness (QED) is 0.450. The summed E-state index contributed by atoms with van der Waals surface area (Å²) in [6.07, 6.45) is -3.93. The SMILES string of the molecule is NC(=O)OC(=O)C(O)C(O)C(=O)OC1CCN([C@@H]2C[C@H]2c2ccccc2)CC1. The van der Waals surface area contributed by atoms with Crippen molar-refractivity contribution in [3.63, 3.8) is 0 Å². The Hall–Kier alpha value is -2.49. The maximum atomic E-state index is 11.9. The van der Waals surface area contributed by atoms with E-state index in [1.165, 1.54) is 5.56 Å². The molecule has 4 atom stereocenters. The van der Waals surface area contributed by atoms with Crippen LogP contribution in [0.4, 0.5) is 4.79 Å². The molecular weight excluding hydrogens is 368 g/mol. The lowest BCUT2D eigenvalue weighted by molar-refractivity contribution is -0.174. The second-order valence-corrected chi connectivity index (χ2v) is 7.12. The van der Waals surface area contributed by atoms with E-state index in [0.29, 0.717) is 24.8 Å². The number of piperidine rings is 1. The lowest BCUT2D eigenvalue weighted by atomic mass is 10.1. The fourth-order valence-corrected chi connectivity index (χ4v) is 3.62. The fourth-order valence-electron chi connectivity index (χ4n) is 3.62. The Kier molecular flexibility index (Phi) is 6.28. The number of likely N-dealkylation sites (tertiary alicyclic amines) is 1. The van der Waals surface area contributed by atoms with Crippen molar-refractivity contribution in [3.05, 3.63) is 35.9 Å². The first-order valence-electron chi connectivity index (χ1n) is 9.23. The number of primary amides is 1. The van der Waals surface area contributed by atoms with Crippen molar-refractivity contribution in [2.45, 2.75) is 49.5 Å². The third-order valence-corrected chi connectivity index (χ3v) is 5.20. The molecule has 0 radical (unpaired) electrons. The van der Waals surface area contributed by atoms with Crippen molar-refractivity contribution in [1.29, 1.82) is 0 Å². The number of hydrogen-bond donors (Lipinski definition) is 3. The molecule has 152 valence electrons. The summed E-state index contributed by atoms with van der Waals surface area (Å²) in [7, 11) is 0. The van der Waals surface area contributed by atoms with E-state index in [-0.39, 0.29) is 0 Å². The highest BCUT2D eigenvalue weighted by Crippen LogP contribution is 2.45. The van der Waals surface area contributed by atoms with Crippen LogP contribution < -0.4 is 5.73 Å². The monoisotopic (exact) mass is 392 g/mol. The van der Waals surface area contributed by atoms with Crippen LogP contribution in [0.25, 0.3) is 0 Å². The zero-order valence-electron chi connectivity index (χ0n) is 15.3. The van der Waals surface area contributed by atoms with Gasteiger partial charge in [-0.2, -0.15) is 0 Å². The Balaban J connectivity index is 1.42. The van der Waals surface area contributed by atoms with Crippen LogP contribution in [-0.2, 0) is 19.1 Å². The van der Waals surface area contributed by atoms with Crippen molar-refractivity contribution < 1.29 is 34.1 Å². The van der Waals surface area contributed by atoms with Gasteiger partial charge in [-0.3, -0.25) is 4.90 Å². The van der Waals surface area contributed by atoms with Gasteiger partial charge in [0, 0.05) is 25.0 Å². The molecule has 1 aromatic carbocycles. The highest BCUT2D eigenvalue weighted by molar-refractivity contribution is 5.90. The van der Waals surface area contributed by atoms with Gasteiger partial charge < -0.3 is 25.4 Å². The van der Waals surface area contributed by atoms with Crippen molar-refractivity contribution in [2.24, 2.45) is 5.73 Å². The molecule has 2 fully saturated rings. The number of ether oxygens (including phenoxy) is 2. The molecule has 1 aliphatic heterocycles. The van der Waals surface area contributed by atoms with Crippen LogP contribution in [-0.4, -0.2) is 70.6 Å². The summed E-state index contributed by atoms with van der Waals surface area (Å²) >= 11 is 0. The van der Waals surface area contributed by atoms with Gasteiger partial charge in [0.05, 0.1) is 0 Å². The van der Waals surface area contributed by atoms with Gasteiger partial charge in [-0.15, -0.1) is 0 Å². The first-order chi connectivity index (χ1) is 13.4. The summed E-state index contributed by atoms with van der Waals surface area (Å²) in [5, 5.41) is 19.3. The summed E-state index contributed by atoms with van der Waals surface area (Å²) in [5.41, 5.74) is 5.98. The number of aliphatic hydroxyl groups excluding tert-OH is 2. The van der Waals surface area contributed by atoms with Gasteiger partial charge >= 0.3 is 18.0 Å². The number of nitrogens with two attached hydrogens (primary N) is 1. The summed E-state index contributed by atoms with van der Waals surface area (Å²) < 4.78 is 9.13. The number of aliphatic hydroxyl groups is 2. The molecule has 1 aromatic rings. The third kappa shape index (κ3) is 4.86. The number of rotatable bonds is 6. The maximum absolute atomic E-state index is 11.9. The number of hydrogen-bond acceptors (Lipinski definition) is 8. The van der Waals surface area contributed by atoms with Crippen LogP contribution in [0.15, 0.2) is 30.3 Å². The molecule has 1 heterocycles. The van der Waals surface area contributed by atoms with Gasteiger partial charge in [0.15, 0.2) is 12.2 Å². The summed E-state index contributed by atoms with van der Waals surface area (Å²) in [4.78, 5) is 36.1. The van der Waals surface area contributed by atoms with E-state index in [1.54, 1.807) is 0 Å². The maximum Gasteiger partial charge on any atom is 0.412 e. The molecule has 0 bridgehead atoms. The highest BCUT2D eigenvalue weighted by Gasteiger charge is 2.44.